The summed E-state index contributed by atoms with van der Waals surface area (Å²) >= 11 is 0. The Bertz CT molecular complexity index is 530. The van der Waals surface area contributed by atoms with Crippen LogP contribution in [0.5, 0.6) is 0 Å². The van der Waals surface area contributed by atoms with Crippen molar-refractivity contribution in [1.29, 1.82) is 0 Å². The van der Waals surface area contributed by atoms with Crippen LogP contribution in [0, 0.1) is 0 Å². The van der Waals surface area contributed by atoms with Crippen LogP contribution in [0.15, 0.2) is 41.1 Å². The first-order valence-electron chi connectivity index (χ1n) is 5.58. The van der Waals surface area contributed by atoms with Crippen LogP contribution >= 0.6 is 0 Å². The van der Waals surface area contributed by atoms with Crippen molar-refractivity contribution in [2.75, 3.05) is 11.1 Å². The van der Waals surface area contributed by atoms with E-state index >= 15 is 0 Å². The van der Waals surface area contributed by atoms with Crippen molar-refractivity contribution < 1.29 is 9.32 Å². The zero-order valence-electron chi connectivity index (χ0n) is 10.3. The summed E-state index contributed by atoms with van der Waals surface area (Å²) in [5.41, 5.74) is 6.52. The first kappa shape index (κ1) is 12.2. The Morgan fingerprint density at radius 2 is 1.94 bits per heavy atom. The highest BCUT2D eigenvalue weighted by Gasteiger charge is 2.30. The molecule has 5 heteroatoms. The highest BCUT2D eigenvalue weighted by Crippen LogP contribution is 2.25. The summed E-state index contributed by atoms with van der Waals surface area (Å²) in [7, 11) is 0. The molecule has 0 bridgehead atoms. The molecule has 0 unspecified atom stereocenters. The van der Waals surface area contributed by atoms with E-state index in [1.54, 1.807) is 18.2 Å². The van der Waals surface area contributed by atoms with Crippen LogP contribution < -0.4 is 11.1 Å². The number of carbonyl (C=O) groups excluding carboxylic acids is 1. The molecule has 1 amide bonds. The van der Waals surface area contributed by atoms with Crippen LogP contribution in [-0.2, 0) is 10.2 Å². The predicted octanol–water partition coefficient (Wildman–Crippen LogP) is 2.17. The van der Waals surface area contributed by atoms with E-state index < -0.39 is 5.41 Å². The van der Waals surface area contributed by atoms with Gasteiger partial charge in [0.1, 0.15) is 6.26 Å². The average Bonchev–Trinajstić information content (AvgIpc) is 2.82. The lowest BCUT2D eigenvalue weighted by atomic mass is 9.83. The van der Waals surface area contributed by atoms with E-state index in [4.69, 9.17) is 5.73 Å². The van der Waals surface area contributed by atoms with Crippen molar-refractivity contribution in [3.8, 4) is 0 Å². The fourth-order valence-electron chi connectivity index (χ4n) is 1.58. The molecule has 0 aliphatic rings. The molecular formula is C13H15N3O2. The van der Waals surface area contributed by atoms with Gasteiger partial charge in [-0.05, 0) is 31.5 Å². The molecule has 0 saturated heterocycles. The van der Waals surface area contributed by atoms with Gasteiger partial charge in [-0.2, -0.15) is 0 Å². The van der Waals surface area contributed by atoms with Gasteiger partial charge < -0.3 is 15.6 Å². The summed E-state index contributed by atoms with van der Waals surface area (Å²) < 4.78 is 4.67. The molecule has 0 fully saturated rings. The molecule has 1 aromatic carbocycles. The Kier molecular flexibility index (Phi) is 3.06. The number of hydrogen-bond acceptors (Lipinski definition) is 4. The first-order valence-corrected chi connectivity index (χ1v) is 5.58. The minimum absolute atomic E-state index is 0.152. The van der Waals surface area contributed by atoms with Crippen LogP contribution in [0.3, 0.4) is 0 Å². The lowest BCUT2D eigenvalue weighted by Gasteiger charge is -2.23. The molecule has 5 nitrogen and oxygen atoms in total. The zero-order chi connectivity index (χ0) is 13.2. The SMILES string of the molecule is CC(C)(C(=O)Nc1ccon1)c1ccc(N)cc1. The van der Waals surface area contributed by atoms with E-state index in [2.05, 4.69) is 15.0 Å². The van der Waals surface area contributed by atoms with Gasteiger partial charge in [-0.25, -0.2) is 0 Å². The Labute approximate surface area is 105 Å². The van der Waals surface area contributed by atoms with Crippen molar-refractivity contribution in [2.24, 2.45) is 0 Å². The quantitative estimate of drug-likeness (QED) is 0.812. The monoisotopic (exact) mass is 245 g/mol. The van der Waals surface area contributed by atoms with Crippen molar-refractivity contribution in [1.82, 2.24) is 5.16 Å². The second-order valence-electron chi connectivity index (χ2n) is 4.59. The fraction of sp³-hybridized carbons (Fsp3) is 0.231. The van der Waals surface area contributed by atoms with Crippen molar-refractivity contribution in [2.45, 2.75) is 19.3 Å². The smallest absolute Gasteiger partial charge is 0.235 e. The van der Waals surface area contributed by atoms with Gasteiger partial charge in [0.25, 0.3) is 0 Å². The molecule has 3 N–H and O–H groups in total. The largest absolute Gasteiger partial charge is 0.399 e. The second kappa shape index (κ2) is 4.52. The minimum atomic E-state index is -0.674. The first-order chi connectivity index (χ1) is 8.50. The highest BCUT2D eigenvalue weighted by molar-refractivity contribution is 5.97. The Hall–Kier alpha value is -2.30. The van der Waals surface area contributed by atoms with Crippen LogP contribution in [0.4, 0.5) is 11.5 Å². The number of carbonyl (C=O) groups is 1. The summed E-state index contributed by atoms with van der Waals surface area (Å²) in [5, 5.41) is 6.35. The predicted molar refractivity (Wildman–Crippen MR) is 69.0 cm³/mol. The van der Waals surface area contributed by atoms with Gasteiger partial charge in [0, 0.05) is 11.8 Å². The third-order valence-corrected chi connectivity index (χ3v) is 2.88. The zero-order valence-corrected chi connectivity index (χ0v) is 10.3. The number of nitrogens with one attached hydrogen (secondary N) is 1. The summed E-state index contributed by atoms with van der Waals surface area (Å²) in [6.07, 6.45) is 1.41. The number of nitrogens with two attached hydrogens (primary N) is 1. The second-order valence-corrected chi connectivity index (χ2v) is 4.59. The molecule has 0 saturated carbocycles. The standard InChI is InChI=1S/C13H15N3O2/c1-13(2,9-3-5-10(14)6-4-9)12(17)15-11-7-8-18-16-11/h3-8H,14H2,1-2H3,(H,15,16,17). The molecular weight excluding hydrogens is 230 g/mol. The number of nitrogen functional groups attached to an aromatic ring is 1. The van der Waals surface area contributed by atoms with E-state index in [1.165, 1.54) is 6.26 Å². The van der Waals surface area contributed by atoms with Gasteiger partial charge >= 0.3 is 0 Å². The lowest BCUT2D eigenvalue weighted by molar-refractivity contribution is -0.120. The Balaban J connectivity index is 2.19. The maximum absolute atomic E-state index is 12.2. The molecule has 0 spiro atoms. The van der Waals surface area contributed by atoms with Crippen LogP contribution in [-0.4, -0.2) is 11.1 Å². The normalized spacial score (nSPS) is 11.2. The number of rotatable bonds is 3. The molecule has 2 rings (SSSR count). The Morgan fingerprint density at radius 3 is 2.50 bits per heavy atom. The van der Waals surface area contributed by atoms with Gasteiger partial charge in [0.2, 0.25) is 5.91 Å². The number of aromatic nitrogens is 1. The van der Waals surface area contributed by atoms with E-state index in [-0.39, 0.29) is 5.91 Å². The summed E-state index contributed by atoms with van der Waals surface area (Å²) in [6, 6.07) is 8.84. The summed E-state index contributed by atoms with van der Waals surface area (Å²) in [6.45, 7) is 3.68. The van der Waals surface area contributed by atoms with Crippen molar-refractivity contribution in [3.63, 3.8) is 0 Å². The van der Waals surface area contributed by atoms with Crippen LogP contribution in [0.25, 0.3) is 0 Å². The molecule has 1 heterocycles. The molecule has 0 aliphatic carbocycles. The molecule has 0 atom stereocenters. The minimum Gasteiger partial charge on any atom is -0.399 e. The summed E-state index contributed by atoms with van der Waals surface area (Å²) in [5.74, 6) is 0.254. The Morgan fingerprint density at radius 1 is 1.28 bits per heavy atom. The van der Waals surface area contributed by atoms with E-state index in [1.807, 2.05) is 26.0 Å². The third-order valence-electron chi connectivity index (χ3n) is 2.88. The van der Waals surface area contributed by atoms with E-state index in [9.17, 15) is 4.79 Å². The molecule has 18 heavy (non-hydrogen) atoms. The third kappa shape index (κ3) is 2.34. The van der Waals surface area contributed by atoms with Crippen LogP contribution in [0.1, 0.15) is 19.4 Å². The highest BCUT2D eigenvalue weighted by atomic mass is 16.5. The number of benzene rings is 1. The van der Waals surface area contributed by atoms with E-state index in [0.717, 1.165) is 5.56 Å². The van der Waals surface area contributed by atoms with Crippen molar-refractivity contribution in [3.05, 3.63) is 42.2 Å². The maximum Gasteiger partial charge on any atom is 0.235 e. The van der Waals surface area contributed by atoms with Gasteiger partial charge in [-0.1, -0.05) is 17.3 Å². The number of hydrogen-bond donors (Lipinski definition) is 2. The van der Waals surface area contributed by atoms with Gasteiger partial charge in [0.15, 0.2) is 5.82 Å². The average molecular weight is 245 g/mol. The lowest BCUT2D eigenvalue weighted by Crippen LogP contribution is -2.34. The molecule has 2 aromatic rings. The van der Waals surface area contributed by atoms with Gasteiger partial charge in [0.05, 0.1) is 5.41 Å². The molecule has 0 radical (unpaired) electrons. The number of amides is 1. The molecule has 1 aromatic heterocycles. The topological polar surface area (TPSA) is 81.2 Å². The van der Waals surface area contributed by atoms with Gasteiger partial charge in [-0.15, -0.1) is 0 Å². The van der Waals surface area contributed by atoms with E-state index in [0.29, 0.717) is 11.5 Å². The van der Waals surface area contributed by atoms with Gasteiger partial charge in [-0.3, -0.25) is 4.79 Å². The number of nitrogens with zero attached hydrogens (tertiary/aromatic N) is 1. The maximum atomic E-state index is 12.2. The fourth-order valence-corrected chi connectivity index (χ4v) is 1.58. The molecule has 94 valence electrons. The summed E-state index contributed by atoms with van der Waals surface area (Å²) in [4.78, 5) is 12.2. The molecule has 0 aliphatic heterocycles. The van der Waals surface area contributed by atoms with Crippen LogP contribution in [0.2, 0.25) is 0 Å². The van der Waals surface area contributed by atoms with Crippen molar-refractivity contribution >= 4 is 17.4 Å². The number of anilines is 2.